The molecule has 0 atom stereocenters. The van der Waals surface area contributed by atoms with E-state index in [0.717, 1.165) is 18.8 Å². The van der Waals surface area contributed by atoms with Crippen molar-refractivity contribution in [3.8, 4) is 5.75 Å². The van der Waals surface area contributed by atoms with E-state index in [-0.39, 0.29) is 30.7 Å². The zero-order chi connectivity index (χ0) is 16.1. The summed E-state index contributed by atoms with van der Waals surface area (Å²) in [6.45, 7) is 2.59. The monoisotopic (exact) mass is 384 g/mol. The van der Waals surface area contributed by atoms with Gasteiger partial charge in [0.05, 0.1) is 18.4 Å². The Kier molecular flexibility index (Phi) is 8.48. The molecule has 1 amide bonds. The lowest BCUT2D eigenvalue weighted by atomic mass is 10.0. The van der Waals surface area contributed by atoms with Crippen LogP contribution < -0.4 is 20.7 Å². The van der Waals surface area contributed by atoms with E-state index in [0.29, 0.717) is 29.6 Å². The number of hydrogen-bond acceptors (Lipinski definition) is 5. The van der Waals surface area contributed by atoms with Gasteiger partial charge in [0.15, 0.2) is 0 Å². The van der Waals surface area contributed by atoms with Crippen molar-refractivity contribution in [2.45, 2.75) is 0 Å². The number of rotatable bonds is 6. The van der Waals surface area contributed by atoms with Gasteiger partial charge < -0.3 is 20.7 Å². The number of pyridine rings is 1. The molecule has 0 spiro atoms. The fourth-order valence-electron chi connectivity index (χ4n) is 2.39. The summed E-state index contributed by atoms with van der Waals surface area (Å²) in [5.74, 6) is 1.61. The number of methoxy groups -OCH3 is 1. The lowest BCUT2D eigenvalue weighted by Crippen LogP contribution is -2.48. The zero-order valence-electron chi connectivity index (χ0n) is 13.8. The second-order valence-electron chi connectivity index (χ2n) is 5.46. The number of halogens is 2. The van der Waals surface area contributed by atoms with Crippen molar-refractivity contribution in [3.63, 3.8) is 0 Å². The first-order valence-corrected chi connectivity index (χ1v) is 7.62. The quantitative estimate of drug-likeness (QED) is 0.713. The van der Waals surface area contributed by atoms with Crippen LogP contribution in [0.25, 0.3) is 0 Å². The van der Waals surface area contributed by atoms with Gasteiger partial charge in [0.25, 0.3) is 5.91 Å². The topological polar surface area (TPSA) is 75.3 Å². The first-order valence-electron chi connectivity index (χ1n) is 7.62. The van der Waals surface area contributed by atoms with E-state index >= 15 is 0 Å². The normalized spacial score (nSPS) is 12.8. The maximum atomic E-state index is 12.4. The molecule has 1 aliphatic rings. The van der Waals surface area contributed by atoms with E-state index in [2.05, 4.69) is 20.9 Å². The molecule has 2 heterocycles. The Morgan fingerprint density at radius 2 is 2.00 bits per heavy atom. The van der Waals surface area contributed by atoms with E-state index in [1.54, 1.807) is 25.4 Å². The maximum absolute atomic E-state index is 12.4. The summed E-state index contributed by atoms with van der Waals surface area (Å²) in [6, 6.07) is 11.1. The molecule has 2 aromatic rings. The van der Waals surface area contributed by atoms with Crippen molar-refractivity contribution in [2.75, 3.05) is 32.1 Å². The lowest BCUT2D eigenvalue weighted by Gasteiger charge is -2.27. The molecule has 0 unspecified atom stereocenters. The van der Waals surface area contributed by atoms with Gasteiger partial charge >= 0.3 is 0 Å². The maximum Gasteiger partial charge on any atom is 0.255 e. The minimum atomic E-state index is -0.123. The number of benzene rings is 1. The number of nitrogens with one attached hydrogen (secondary N) is 3. The number of aromatic nitrogens is 1. The molecule has 6 nitrogen and oxygen atoms in total. The summed E-state index contributed by atoms with van der Waals surface area (Å²) in [6.07, 6.45) is 1.66. The number of anilines is 2. The summed E-state index contributed by atoms with van der Waals surface area (Å²) in [4.78, 5) is 16.7. The predicted molar refractivity (Wildman–Crippen MR) is 104 cm³/mol. The SMILES string of the molecule is COc1ccccc1Nc1ncccc1C(=O)NCC1CNC1.Cl.Cl. The van der Waals surface area contributed by atoms with Gasteiger partial charge in [0, 0.05) is 31.7 Å². The summed E-state index contributed by atoms with van der Waals surface area (Å²) in [5.41, 5.74) is 1.29. The summed E-state index contributed by atoms with van der Waals surface area (Å²) < 4.78 is 5.32. The second kappa shape index (κ2) is 10.1. The van der Waals surface area contributed by atoms with Crippen molar-refractivity contribution < 1.29 is 9.53 Å². The van der Waals surface area contributed by atoms with E-state index < -0.39 is 0 Å². The van der Waals surface area contributed by atoms with Crippen molar-refractivity contribution in [2.24, 2.45) is 5.92 Å². The Bertz CT molecular complexity index is 696. The van der Waals surface area contributed by atoms with Crippen LogP contribution in [0.4, 0.5) is 11.5 Å². The van der Waals surface area contributed by atoms with Crippen LogP contribution in [0.3, 0.4) is 0 Å². The third-order valence-electron chi connectivity index (χ3n) is 3.83. The second-order valence-corrected chi connectivity index (χ2v) is 5.46. The van der Waals surface area contributed by atoms with Gasteiger partial charge in [0.2, 0.25) is 0 Å². The summed E-state index contributed by atoms with van der Waals surface area (Å²) in [7, 11) is 1.61. The molecule has 1 aliphatic heterocycles. The molecule has 1 saturated heterocycles. The Morgan fingerprint density at radius 1 is 1.24 bits per heavy atom. The Hall–Kier alpha value is -2.02. The summed E-state index contributed by atoms with van der Waals surface area (Å²) >= 11 is 0. The third-order valence-corrected chi connectivity index (χ3v) is 3.83. The Morgan fingerprint density at radius 3 is 2.68 bits per heavy atom. The highest BCUT2D eigenvalue weighted by atomic mass is 35.5. The van der Waals surface area contributed by atoms with Crippen molar-refractivity contribution >= 4 is 42.2 Å². The Labute approximate surface area is 159 Å². The Balaban J connectivity index is 0.00000156. The molecule has 1 aromatic carbocycles. The van der Waals surface area contributed by atoms with Crippen LogP contribution in [-0.2, 0) is 0 Å². The van der Waals surface area contributed by atoms with Gasteiger partial charge in [-0.15, -0.1) is 24.8 Å². The van der Waals surface area contributed by atoms with Crippen LogP contribution >= 0.6 is 24.8 Å². The zero-order valence-corrected chi connectivity index (χ0v) is 15.5. The van der Waals surface area contributed by atoms with Crippen molar-refractivity contribution in [1.82, 2.24) is 15.6 Å². The molecular formula is C17H22Cl2N4O2. The highest BCUT2D eigenvalue weighted by Gasteiger charge is 2.19. The fourth-order valence-corrected chi connectivity index (χ4v) is 2.39. The van der Waals surface area contributed by atoms with E-state index in [1.165, 1.54) is 0 Å². The lowest BCUT2D eigenvalue weighted by molar-refractivity contribution is 0.0943. The standard InChI is InChI=1S/C17H20N4O2.2ClH/c1-23-15-7-3-2-6-14(15)21-16-13(5-4-8-19-16)17(22)20-11-12-9-18-10-12;;/h2-8,12,18H,9-11H2,1H3,(H,19,21)(H,20,22);2*1H. The highest BCUT2D eigenvalue weighted by Crippen LogP contribution is 2.27. The summed E-state index contributed by atoms with van der Waals surface area (Å²) in [5, 5.41) is 9.34. The number of para-hydroxylation sites is 2. The number of nitrogens with zero attached hydrogens (tertiary/aromatic N) is 1. The average molecular weight is 385 g/mol. The molecule has 0 radical (unpaired) electrons. The van der Waals surface area contributed by atoms with E-state index in [4.69, 9.17) is 4.74 Å². The third kappa shape index (κ3) is 5.22. The molecule has 3 N–H and O–H groups in total. The van der Waals surface area contributed by atoms with Gasteiger partial charge in [-0.1, -0.05) is 12.1 Å². The number of hydrogen-bond donors (Lipinski definition) is 3. The fraction of sp³-hybridized carbons (Fsp3) is 0.294. The largest absolute Gasteiger partial charge is 0.495 e. The molecule has 3 rings (SSSR count). The number of carbonyl (C=O) groups excluding carboxylic acids is 1. The molecule has 0 bridgehead atoms. The van der Waals surface area contributed by atoms with Crippen LogP contribution in [0, 0.1) is 5.92 Å². The molecular weight excluding hydrogens is 363 g/mol. The molecule has 136 valence electrons. The van der Waals surface area contributed by atoms with Crippen LogP contribution in [0.2, 0.25) is 0 Å². The first-order chi connectivity index (χ1) is 11.3. The van der Waals surface area contributed by atoms with Crippen LogP contribution in [0.15, 0.2) is 42.6 Å². The minimum absolute atomic E-state index is 0. The number of ether oxygens (including phenoxy) is 1. The van der Waals surface area contributed by atoms with Gasteiger partial charge in [-0.3, -0.25) is 4.79 Å². The average Bonchev–Trinajstić information content (AvgIpc) is 2.54. The molecule has 1 aromatic heterocycles. The van der Waals surface area contributed by atoms with Gasteiger partial charge in [0.1, 0.15) is 11.6 Å². The molecule has 25 heavy (non-hydrogen) atoms. The van der Waals surface area contributed by atoms with Gasteiger partial charge in [-0.2, -0.15) is 0 Å². The predicted octanol–water partition coefficient (Wildman–Crippen LogP) is 2.63. The molecule has 1 fully saturated rings. The molecule has 0 saturated carbocycles. The van der Waals surface area contributed by atoms with Crippen LogP contribution in [0.5, 0.6) is 5.75 Å². The minimum Gasteiger partial charge on any atom is -0.495 e. The van der Waals surface area contributed by atoms with Crippen LogP contribution in [-0.4, -0.2) is 37.6 Å². The van der Waals surface area contributed by atoms with Crippen molar-refractivity contribution in [3.05, 3.63) is 48.2 Å². The molecule has 0 aliphatic carbocycles. The van der Waals surface area contributed by atoms with E-state index in [1.807, 2.05) is 24.3 Å². The first kappa shape index (κ1) is 21.0. The van der Waals surface area contributed by atoms with Crippen molar-refractivity contribution in [1.29, 1.82) is 0 Å². The van der Waals surface area contributed by atoms with Gasteiger partial charge in [-0.05, 0) is 24.3 Å². The highest BCUT2D eigenvalue weighted by molar-refractivity contribution is 5.99. The van der Waals surface area contributed by atoms with Gasteiger partial charge in [-0.25, -0.2) is 4.98 Å². The molecule has 8 heteroatoms. The van der Waals surface area contributed by atoms with Crippen LogP contribution in [0.1, 0.15) is 10.4 Å². The number of amides is 1. The smallest absolute Gasteiger partial charge is 0.255 e. The number of carbonyl (C=O) groups is 1. The van der Waals surface area contributed by atoms with E-state index in [9.17, 15) is 4.79 Å².